The van der Waals surface area contributed by atoms with Crippen LogP contribution in [0.2, 0.25) is 0 Å². The topological polar surface area (TPSA) is 95.2 Å². The van der Waals surface area contributed by atoms with Crippen LogP contribution in [-0.2, 0) is 14.6 Å². The van der Waals surface area contributed by atoms with E-state index in [1.807, 2.05) is 6.07 Å². The van der Waals surface area contributed by atoms with Crippen molar-refractivity contribution in [1.82, 2.24) is 0 Å². The third kappa shape index (κ3) is 3.89. The number of hydrogen-bond donors (Lipinski definition) is 1. The van der Waals surface area contributed by atoms with E-state index in [4.69, 9.17) is 10.4 Å². The molecule has 0 heterocycles. The molecule has 0 radical (unpaired) electrons. The first-order valence-electron chi connectivity index (χ1n) is 4.90. The summed E-state index contributed by atoms with van der Waals surface area (Å²) in [5, 5.41) is 17.0. The monoisotopic (exact) mass is 253 g/mol. The second-order valence-electron chi connectivity index (χ2n) is 3.45. The molecule has 0 aliphatic carbocycles. The molecule has 5 nitrogen and oxygen atoms in total. The van der Waals surface area contributed by atoms with Crippen molar-refractivity contribution in [2.75, 3.05) is 5.75 Å². The van der Waals surface area contributed by atoms with E-state index in [-0.39, 0.29) is 23.5 Å². The molecule has 0 aliphatic rings. The van der Waals surface area contributed by atoms with Crippen LogP contribution in [0.3, 0.4) is 0 Å². The van der Waals surface area contributed by atoms with Crippen molar-refractivity contribution >= 4 is 15.8 Å². The minimum Gasteiger partial charge on any atom is -0.481 e. The van der Waals surface area contributed by atoms with Crippen molar-refractivity contribution in [3.8, 4) is 6.07 Å². The fourth-order valence-electron chi connectivity index (χ4n) is 1.27. The molecule has 1 rings (SSSR count). The molecule has 1 aromatic rings. The Bertz CT molecular complexity index is 540. The Kier molecular flexibility index (Phi) is 4.24. The van der Waals surface area contributed by atoms with Gasteiger partial charge in [-0.25, -0.2) is 8.42 Å². The molecule has 90 valence electrons. The van der Waals surface area contributed by atoms with Gasteiger partial charge in [0, 0.05) is 6.42 Å². The first-order chi connectivity index (χ1) is 7.95. The number of nitrogens with zero attached hydrogens (tertiary/aromatic N) is 1. The summed E-state index contributed by atoms with van der Waals surface area (Å²) in [5.41, 5.74) is 0.384. The highest BCUT2D eigenvalue weighted by molar-refractivity contribution is 7.91. The van der Waals surface area contributed by atoms with Crippen LogP contribution < -0.4 is 0 Å². The summed E-state index contributed by atoms with van der Waals surface area (Å²) in [6.45, 7) is 0. The largest absolute Gasteiger partial charge is 0.481 e. The van der Waals surface area contributed by atoms with E-state index in [1.165, 1.54) is 24.3 Å². The Labute approximate surface area is 99.2 Å². The van der Waals surface area contributed by atoms with Gasteiger partial charge in [0.1, 0.15) is 0 Å². The van der Waals surface area contributed by atoms with Crippen LogP contribution in [0.1, 0.15) is 18.4 Å². The Morgan fingerprint density at radius 2 is 1.88 bits per heavy atom. The maximum Gasteiger partial charge on any atom is 0.303 e. The van der Waals surface area contributed by atoms with Crippen LogP contribution in [0.5, 0.6) is 0 Å². The van der Waals surface area contributed by atoms with E-state index < -0.39 is 15.8 Å². The van der Waals surface area contributed by atoms with Crippen LogP contribution >= 0.6 is 0 Å². The molecule has 0 aromatic heterocycles. The van der Waals surface area contributed by atoms with Crippen molar-refractivity contribution in [3.05, 3.63) is 29.8 Å². The molecule has 6 heteroatoms. The van der Waals surface area contributed by atoms with Gasteiger partial charge in [-0.15, -0.1) is 0 Å². The summed E-state index contributed by atoms with van der Waals surface area (Å²) < 4.78 is 23.5. The fourth-order valence-corrected chi connectivity index (χ4v) is 2.58. The van der Waals surface area contributed by atoms with E-state index >= 15 is 0 Å². The van der Waals surface area contributed by atoms with Gasteiger partial charge in [0.05, 0.1) is 22.3 Å². The number of carboxylic acids is 1. The van der Waals surface area contributed by atoms with E-state index in [0.29, 0.717) is 5.56 Å². The number of nitriles is 1. The zero-order valence-electron chi connectivity index (χ0n) is 8.96. The van der Waals surface area contributed by atoms with Crippen LogP contribution in [0.4, 0.5) is 0 Å². The number of carbonyl (C=O) groups is 1. The van der Waals surface area contributed by atoms with E-state index in [0.717, 1.165) is 0 Å². The lowest BCUT2D eigenvalue weighted by Crippen LogP contribution is -2.08. The minimum atomic E-state index is -3.45. The zero-order valence-corrected chi connectivity index (χ0v) is 9.77. The summed E-state index contributed by atoms with van der Waals surface area (Å²) in [5.74, 6) is -1.22. The summed E-state index contributed by atoms with van der Waals surface area (Å²) in [6.07, 6.45) is -0.0901. The third-order valence-electron chi connectivity index (χ3n) is 2.15. The number of benzene rings is 1. The van der Waals surface area contributed by atoms with E-state index in [9.17, 15) is 13.2 Å². The van der Waals surface area contributed by atoms with Gasteiger partial charge < -0.3 is 5.11 Å². The minimum absolute atomic E-state index is 0.0810. The molecule has 1 N–H and O–H groups in total. The Balaban J connectivity index is 2.76. The van der Waals surface area contributed by atoms with Gasteiger partial charge in [-0.2, -0.15) is 5.26 Å². The molecule has 0 aliphatic heterocycles. The molecular formula is C11H11NO4S. The quantitative estimate of drug-likeness (QED) is 0.850. The second-order valence-corrected chi connectivity index (χ2v) is 5.56. The van der Waals surface area contributed by atoms with Gasteiger partial charge in [-0.3, -0.25) is 4.79 Å². The number of carboxylic acid groups (broad SMARTS) is 1. The summed E-state index contributed by atoms with van der Waals surface area (Å²) >= 11 is 0. The van der Waals surface area contributed by atoms with Gasteiger partial charge in [0.2, 0.25) is 0 Å². The van der Waals surface area contributed by atoms with Crippen molar-refractivity contribution < 1.29 is 18.3 Å². The Hall–Kier alpha value is -1.87. The lowest BCUT2D eigenvalue weighted by atomic mass is 10.2. The molecule has 17 heavy (non-hydrogen) atoms. The normalized spacial score (nSPS) is 10.8. The maximum absolute atomic E-state index is 11.7. The first kappa shape index (κ1) is 13.2. The molecule has 0 saturated carbocycles. The SMILES string of the molecule is N#Cc1ccc(S(=O)(=O)CCCC(=O)O)cc1. The number of hydrogen-bond acceptors (Lipinski definition) is 4. The Morgan fingerprint density at radius 3 is 2.35 bits per heavy atom. The predicted molar refractivity (Wildman–Crippen MR) is 60.1 cm³/mol. The standard InChI is InChI=1S/C11H11NO4S/c12-8-9-3-5-10(6-4-9)17(15,16)7-1-2-11(13)14/h3-6H,1-2,7H2,(H,13,14). The highest BCUT2D eigenvalue weighted by Crippen LogP contribution is 2.13. The van der Waals surface area contributed by atoms with Crippen LogP contribution in [0.25, 0.3) is 0 Å². The summed E-state index contributed by atoms with van der Waals surface area (Å²) in [6, 6.07) is 7.44. The van der Waals surface area contributed by atoms with Crippen molar-refractivity contribution in [2.24, 2.45) is 0 Å². The average Bonchev–Trinajstić information content (AvgIpc) is 2.28. The predicted octanol–water partition coefficient (Wildman–Crippen LogP) is 1.20. The highest BCUT2D eigenvalue weighted by atomic mass is 32.2. The van der Waals surface area contributed by atoms with Gasteiger partial charge in [0.25, 0.3) is 0 Å². The molecule has 0 unspecified atom stereocenters. The van der Waals surface area contributed by atoms with Gasteiger partial charge in [0.15, 0.2) is 9.84 Å². The summed E-state index contributed by atoms with van der Waals surface area (Å²) in [4.78, 5) is 10.4. The van der Waals surface area contributed by atoms with Gasteiger partial charge >= 0.3 is 5.97 Å². The molecule has 0 amide bonds. The number of rotatable bonds is 5. The molecule has 0 fully saturated rings. The molecule has 0 spiro atoms. The smallest absolute Gasteiger partial charge is 0.303 e. The van der Waals surface area contributed by atoms with Crippen LogP contribution in [0.15, 0.2) is 29.2 Å². The fraction of sp³-hybridized carbons (Fsp3) is 0.273. The third-order valence-corrected chi connectivity index (χ3v) is 3.96. The van der Waals surface area contributed by atoms with Crippen molar-refractivity contribution in [2.45, 2.75) is 17.7 Å². The van der Waals surface area contributed by atoms with Crippen molar-refractivity contribution in [1.29, 1.82) is 5.26 Å². The molecule has 0 bridgehead atoms. The van der Waals surface area contributed by atoms with Gasteiger partial charge in [-0.1, -0.05) is 0 Å². The van der Waals surface area contributed by atoms with Crippen LogP contribution in [0, 0.1) is 11.3 Å². The summed E-state index contributed by atoms with van der Waals surface area (Å²) in [7, 11) is -3.45. The molecule has 0 saturated heterocycles. The maximum atomic E-state index is 11.7. The molecule has 1 aromatic carbocycles. The Morgan fingerprint density at radius 1 is 1.29 bits per heavy atom. The van der Waals surface area contributed by atoms with Gasteiger partial charge in [-0.05, 0) is 30.7 Å². The number of sulfone groups is 1. The van der Waals surface area contributed by atoms with Crippen molar-refractivity contribution in [3.63, 3.8) is 0 Å². The van der Waals surface area contributed by atoms with E-state index in [1.54, 1.807) is 0 Å². The lowest BCUT2D eigenvalue weighted by Gasteiger charge is -2.03. The molecule has 0 atom stereocenters. The zero-order chi connectivity index (χ0) is 12.9. The molecular weight excluding hydrogens is 242 g/mol. The lowest BCUT2D eigenvalue weighted by molar-refractivity contribution is -0.137. The first-order valence-corrected chi connectivity index (χ1v) is 6.55. The van der Waals surface area contributed by atoms with E-state index in [2.05, 4.69) is 0 Å². The second kappa shape index (κ2) is 5.46. The highest BCUT2D eigenvalue weighted by Gasteiger charge is 2.14. The average molecular weight is 253 g/mol. The van der Waals surface area contributed by atoms with Crippen LogP contribution in [-0.4, -0.2) is 25.2 Å². The number of aliphatic carboxylic acids is 1.